The minimum Gasteiger partial charge on any atom is -0.385 e. The molecule has 1 rings (SSSR count). The van der Waals surface area contributed by atoms with Crippen LogP contribution in [0.1, 0.15) is 12.1 Å². The summed E-state index contributed by atoms with van der Waals surface area (Å²) in [7, 11) is 3.61. The van der Waals surface area contributed by atoms with Crippen LogP contribution in [-0.4, -0.2) is 43.2 Å². The van der Waals surface area contributed by atoms with E-state index in [4.69, 9.17) is 10.6 Å². The van der Waals surface area contributed by atoms with Crippen LogP contribution in [0.3, 0.4) is 0 Å². The first-order valence-electron chi connectivity index (χ1n) is 5.36. The molecule has 0 aromatic carbocycles. The zero-order chi connectivity index (χ0) is 12.5. The van der Waals surface area contributed by atoms with Crippen LogP contribution in [0.4, 0.5) is 0 Å². The van der Waals surface area contributed by atoms with Gasteiger partial charge in [-0.1, -0.05) is 0 Å². The van der Waals surface area contributed by atoms with Gasteiger partial charge in [-0.05, 0) is 6.42 Å². The number of nitrogens with one attached hydrogen (secondary N) is 1. The molecule has 0 saturated carbocycles. The maximum absolute atomic E-state index is 5.45. The van der Waals surface area contributed by atoms with Crippen molar-refractivity contribution in [3.8, 4) is 0 Å². The number of ether oxygens (including phenoxy) is 1. The predicted molar refractivity (Wildman–Crippen MR) is 69.7 cm³/mol. The molecule has 1 heterocycles. The molecule has 1 aromatic heterocycles. The molecule has 7 heteroatoms. The van der Waals surface area contributed by atoms with Gasteiger partial charge in [-0.15, -0.1) is 11.3 Å². The molecular weight excluding hydrogens is 238 g/mol. The predicted octanol–water partition coefficient (Wildman–Crippen LogP) is 0.431. The zero-order valence-corrected chi connectivity index (χ0v) is 11.0. The lowest BCUT2D eigenvalue weighted by Crippen LogP contribution is -2.42. The molecule has 0 fully saturated rings. The van der Waals surface area contributed by atoms with E-state index in [2.05, 4.69) is 15.4 Å². The molecule has 0 aliphatic rings. The maximum Gasteiger partial charge on any atom is 0.208 e. The van der Waals surface area contributed by atoms with Crippen molar-refractivity contribution < 1.29 is 4.74 Å². The van der Waals surface area contributed by atoms with E-state index < -0.39 is 0 Å². The van der Waals surface area contributed by atoms with E-state index in [1.807, 2.05) is 22.8 Å². The highest BCUT2D eigenvalue weighted by molar-refractivity contribution is 7.07. The molecule has 0 atom stereocenters. The summed E-state index contributed by atoms with van der Waals surface area (Å²) >= 11 is 1.58. The number of aliphatic imine (C=N–C) groups is 1. The van der Waals surface area contributed by atoms with Gasteiger partial charge < -0.3 is 9.64 Å². The summed E-state index contributed by atoms with van der Waals surface area (Å²) in [5.41, 5.74) is 5.43. The van der Waals surface area contributed by atoms with E-state index in [0.717, 1.165) is 12.1 Å². The third-order valence-electron chi connectivity index (χ3n) is 2.14. The van der Waals surface area contributed by atoms with E-state index in [0.29, 0.717) is 25.7 Å². The Labute approximate surface area is 105 Å². The SMILES string of the molecule is COCCCN=C(NN)N(C)Cc1cscn1. The molecule has 0 spiro atoms. The van der Waals surface area contributed by atoms with Crippen LogP contribution in [0.2, 0.25) is 0 Å². The van der Waals surface area contributed by atoms with E-state index >= 15 is 0 Å². The number of hydrogen-bond donors (Lipinski definition) is 2. The Morgan fingerprint density at radius 1 is 1.71 bits per heavy atom. The van der Waals surface area contributed by atoms with Crippen molar-refractivity contribution in [3.63, 3.8) is 0 Å². The lowest BCUT2D eigenvalue weighted by Gasteiger charge is -2.19. The maximum atomic E-state index is 5.45. The van der Waals surface area contributed by atoms with Crippen molar-refractivity contribution in [3.05, 3.63) is 16.6 Å². The Balaban J connectivity index is 2.42. The fraction of sp³-hybridized carbons (Fsp3) is 0.600. The van der Waals surface area contributed by atoms with Crippen LogP contribution in [-0.2, 0) is 11.3 Å². The average molecular weight is 257 g/mol. The molecule has 0 unspecified atom stereocenters. The lowest BCUT2D eigenvalue weighted by atomic mass is 10.4. The van der Waals surface area contributed by atoms with Crippen molar-refractivity contribution in [2.45, 2.75) is 13.0 Å². The van der Waals surface area contributed by atoms with Gasteiger partial charge in [-0.2, -0.15) is 0 Å². The fourth-order valence-electron chi connectivity index (χ4n) is 1.30. The van der Waals surface area contributed by atoms with Crippen LogP contribution in [0.15, 0.2) is 15.9 Å². The summed E-state index contributed by atoms with van der Waals surface area (Å²) in [5.74, 6) is 6.11. The molecule has 0 saturated heterocycles. The number of nitrogens with two attached hydrogens (primary N) is 1. The molecule has 96 valence electrons. The Hall–Kier alpha value is -1.18. The first-order chi connectivity index (χ1) is 8.27. The Kier molecular flexibility index (Phi) is 6.53. The Morgan fingerprint density at radius 3 is 3.12 bits per heavy atom. The lowest BCUT2D eigenvalue weighted by molar-refractivity contribution is 0.197. The van der Waals surface area contributed by atoms with Gasteiger partial charge in [-0.25, -0.2) is 10.8 Å². The summed E-state index contributed by atoms with van der Waals surface area (Å²) in [6, 6.07) is 0. The average Bonchev–Trinajstić information content (AvgIpc) is 2.82. The highest BCUT2D eigenvalue weighted by atomic mass is 32.1. The number of guanidine groups is 1. The van der Waals surface area contributed by atoms with Gasteiger partial charge in [0.05, 0.1) is 17.7 Å². The summed E-state index contributed by atoms with van der Waals surface area (Å²) < 4.78 is 4.96. The highest BCUT2D eigenvalue weighted by Gasteiger charge is 2.06. The highest BCUT2D eigenvalue weighted by Crippen LogP contribution is 2.04. The smallest absolute Gasteiger partial charge is 0.208 e. The normalized spacial score (nSPS) is 11.6. The van der Waals surface area contributed by atoms with Gasteiger partial charge in [0.15, 0.2) is 0 Å². The van der Waals surface area contributed by atoms with E-state index in [-0.39, 0.29) is 0 Å². The third kappa shape index (κ3) is 5.12. The number of hydrazine groups is 1. The quantitative estimate of drug-likeness (QED) is 0.254. The molecule has 0 amide bonds. The molecule has 3 N–H and O–H groups in total. The summed E-state index contributed by atoms with van der Waals surface area (Å²) in [6.45, 7) is 2.09. The zero-order valence-electron chi connectivity index (χ0n) is 10.2. The van der Waals surface area contributed by atoms with Crippen molar-refractivity contribution in [1.29, 1.82) is 0 Å². The van der Waals surface area contributed by atoms with Gasteiger partial charge >= 0.3 is 0 Å². The van der Waals surface area contributed by atoms with Crippen molar-refractivity contribution in [1.82, 2.24) is 15.3 Å². The Morgan fingerprint density at radius 2 is 2.53 bits per heavy atom. The van der Waals surface area contributed by atoms with Crippen molar-refractivity contribution in [2.24, 2.45) is 10.8 Å². The fourth-order valence-corrected chi connectivity index (χ4v) is 1.85. The molecule has 0 aliphatic carbocycles. The van der Waals surface area contributed by atoms with Crippen LogP contribution in [0.25, 0.3) is 0 Å². The summed E-state index contributed by atoms with van der Waals surface area (Å²) in [4.78, 5) is 10.5. The Bertz CT molecular complexity index is 327. The van der Waals surface area contributed by atoms with E-state index in [9.17, 15) is 0 Å². The van der Waals surface area contributed by atoms with E-state index in [1.165, 1.54) is 0 Å². The number of rotatable bonds is 6. The monoisotopic (exact) mass is 257 g/mol. The van der Waals surface area contributed by atoms with Crippen LogP contribution >= 0.6 is 11.3 Å². The molecule has 0 radical (unpaired) electrons. The number of aromatic nitrogens is 1. The molecule has 17 heavy (non-hydrogen) atoms. The number of methoxy groups -OCH3 is 1. The van der Waals surface area contributed by atoms with Crippen molar-refractivity contribution in [2.75, 3.05) is 27.3 Å². The third-order valence-corrected chi connectivity index (χ3v) is 2.78. The first kappa shape index (κ1) is 13.9. The minimum absolute atomic E-state index is 0.661. The topological polar surface area (TPSA) is 75.8 Å². The van der Waals surface area contributed by atoms with Gasteiger partial charge in [0, 0.05) is 32.7 Å². The second kappa shape index (κ2) is 7.99. The molecule has 6 nitrogen and oxygen atoms in total. The molecule has 1 aromatic rings. The largest absolute Gasteiger partial charge is 0.385 e. The van der Waals surface area contributed by atoms with Gasteiger partial charge in [0.2, 0.25) is 5.96 Å². The number of nitrogens with zero attached hydrogens (tertiary/aromatic N) is 3. The van der Waals surface area contributed by atoms with Gasteiger partial charge in [-0.3, -0.25) is 10.4 Å². The minimum atomic E-state index is 0.661. The van der Waals surface area contributed by atoms with Crippen LogP contribution in [0, 0.1) is 0 Å². The molecule has 0 aliphatic heterocycles. The first-order valence-corrected chi connectivity index (χ1v) is 6.30. The summed E-state index contributed by atoms with van der Waals surface area (Å²) in [5, 5.41) is 2.01. The molecule has 0 bridgehead atoms. The second-order valence-corrected chi connectivity index (χ2v) is 4.25. The second-order valence-electron chi connectivity index (χ2n) is 3.53. The van der Waals surface area contributed by atoms with Crippen LogP contribution in [0.5, 0.6) is 0 Å². The van der Waals surface area contributed by atoms with E-state index in [1.54, 1.807) is 18.4 Å². The van der Waals surface area contributed by atoms with Gasteiger partial charge in [0.25, 0.3) is 0 Å². The standard InChI is InChI=1S/C10H19N5OS/c1-15(6-9-7-17-8-13-9)10(14-11)12-4-3-5-16-2/h7-8H,3-6,11H2,1-2H3,(H,12,14). The van der Waals surface area contributed by atoms with Crippen molar-refractivity contribution >= 4 is 17.3 Å². The van der Waals surface area contributed by atoms with Gasteiger partial charge in [0.1, 0.15) is 0 Å². The summed E-state index contributed by atoms with van der Waals surface area (Å²) in [6.07, 6.45) is 0.881. The number of thiazole rings is 1. The van der Waals surface area contributed by atoms with Crippen LogP contribution < -0.4 is 11.3 Å². The number of hydrogen-bond acceptors (Lipinski definition) is 5. The molecular formula is C10H19N5OS.